The van der Waals surface area contributed by atoms with E-state index in [0.29, 0.717) is 6.42 Å². The van der Waals surface area contributed by atoms with E-state index < -0.39 is 11.5 Å². The molecule has 1 unspecified atom stereocenters. The number of benzene rings is 2. The average Bonchev–Trinajstić information content (AvgIpc) is 2.77. The van der Waals surface area contributed by atoms with E-state index in [-0.39, 0.29) is 5.91 Å². The molecule has 3 nitrogen and oxygen atoms in total. The number of fused-ring (bicyclic) bond motifs is 1. The predicted molar refractivity (Wildman–Crippen MR) is 92.6 cm³/mol. The van der Waals surface area contributed by atoms with Gasteiger partial charge >= 0.3 is 0 Å². The molecule has 0 radical (unpaired) electrons. The average molecular weight is 309 g/mol. The third-order valence-electron chi connectivity index (χ3n) is 4.75. The normalized spacial score (nSPS) is 16.8. The van der Waals surface area contributed by atoms with Crippen LogP contribution in [0.5, 0.6) is 0 Å². The molecule has 3 rings (SSSR count). The van der Waals surface area contributed by atoms with Gasteiger partial charge in [-0.05, 0) is 37.0 Å². The molecule has 0 fully saturated rings. The van der Waals surface area contributed by atoms with Crippen LogP contribution < -0.4 is 5.32 Å². The summed E-state index contributed by atoms with van der Waals surface area (Å²) >= 11 is 0. The topological polar surface area (TPSA) is 49.3 Å². The molecule has 0 bridgehead atoms. The highest BCUT2D eigenvalue weighted by atomic mass is 16.3. The maximum absolute atomic E-state index is 12.3. The molecule has 2 aromatic rings. The van der Waals surface area contributed by atoms with Crippen molar-refractivity contribution in [1.29, 1.82) is 0 Å². The number of amides is 1. The predicted octanol–water partition coefficient (Wildman–Crippen LogP) is 3.75. The number of aryl methyl sites for hydroxylation is 1. The van der Waals surface area contributed by atoms with E-state index >= 15 is 0 Å². The van der Waals surface area contributed by atoms with E-state index in [1.165, 1.54) is 0 Å². The fraction of sp³-hybridized carbons (Fsp3) is 0.350. The minimum absolute atomic E-state index is 0.00564. The quantitative estimate of drug-likeness (QED) is 0.903. The summed E-state index contributed by atoms with van der Waals surface area (Å²) in [6, 6.07) is 14.0. The molecule has 3 heteroatoms. The summed E-state index contributed by atoms with van der Waals surface area (Å²) in [5, 5.41) is 13.7. The number of anilines is 1. The second-order valence-electron chi connectivity index (χ2n) is 6.75. The third-order valence-corrected chi connectivity index (χ3v) is 4.75. The van der Waals surface area contributed by atoms with Gasteiger partial charge in [0.05, 0.1) is 17.2 Å². The minimum atomic E-state index is -0.633. The summed E-state index contributed by atoms with van der Waals surface area (Å²) in [6.45, 7) is 5.95. The molecule has 1 heterocycles. The Bertz CT molecular complexity index is 735. The Hall–Kier alpha value is -2.13. The van der Waals surface area contributed by atoms with E-state index in [0.717, 1.165) is 34.4 Å². The molecular weight excluding hydrogens is 286 g/mol. The summed E-state index contributed by atoms with van der Waals surface area (Å²) in [5.74, 6) is -0.00564. The van der Waals surface area contributed by atoms with Crippen LogP contribution in [0.4, 0.5) is 5.69 Å². The lowest BCUT2D eigenvalue weighted by Gasteiger charge is -2.19. The van der Waals surface area contributed by atoms with E-state index in [2.05, 4.69) is 18.3 Å². The lowest BCUT2D eigenvalue weighted by molar-refractivity contribution is -0.119. The second-order valence-corrected chi connectivity index (χ2v) is 6.75. The van der Waals surface area contributed by atoms with E-state index in [4.69, 9.17) is 0 Å². The van der Waals surface area contributed by atoms with Gasteiger partial charge in [-0.2, -0.15) is 0 Å². The smallest absolute Gasteiger partial charge is 0.234 e. The van der Waals surface area contributed by atoms with E-state index in [1.54, 1.807) is 0 Å². The van der Waals surface area contributed by atoms with Crippen molar-refractivity contribution in [2.24, 2.45) is 0 Å². The van der Waals surface area contributed by atoms with E-state index in [9.17, 15) is 9.90 Å². The largest absolute Gasteiger partial charge is 0.388 e. The molecule has 23 heavy (non-hydrogen) atoms. The summed E-state index contributed by atoms with van der Waals surface area (Å²) in [4.78, 5) is 12.3. The molecule has 1 aliphatic rings. The van der Waals surface area contributed by atoms with Crippen LogP contribution in [-0.4, -0.2) is 11.0 Å². The van der Waals surface area contributed by atoms with Crippen LogP contribution in [0.3, 0.4) is 0 Å². The number of carbonyl (C=O) groups excluding carboxylic acids is 1. The Kier molecular flexibility index (Phi) is 3.99. The van der Waals surface area contributed by atoms with Gasteiger partial charge < -0.3 is 10.4 Å². The number of aliphatic hydroxyl groups is 1. The lowest BCUT2D eigenvalue weighted by atomic mass is 9.83. The maximum Gasteiger partial charge on any atom is 0.234 e. The Morgan fingerprint density at radius 2 is 1.83 bits per heavy atom. The number of rotatable bonds is 4. The fourth-order valence-corrected chi connectivity index (χ4v) is 3.17. The molecule has 1 aliphatic heterocycles. The van der Waals surface area contributed by atoms with Crippen molar-refractivity contribution in [3.8, 4) is 0 Å². The van der Waals surface area contributed by atoms with Crippen molar-refractivity contribution in [1.82, 2.24) is 0 Å². The summed E-state index contributed by atoms with van der Waals surface area (Å²) < 4.78 is 0. The van der Waals surface area contributed by atoms with Gasteiger partial charge in [-0.15, -0.1) is 0 Å². The zero-order chi connectivity index (χ0) is 16.6. The highest BCUT2D eigenvalue weighted by Crippen LogP contribution is 2.42. The molecule has 0 saturated heterocycles. The Morgan fingerprint density at radius 1 is 1.13 bits per heavy atom. The fourth-order valence-electron chi connectivity index (χ4n) is 3.17. The van der Waals surface area contributed by atoms with Crippen molar-refractivity contribution < 1.29 is 9.90 Å². The standard InChI is InChI=1S/C20H23NO2/c1-4-13-10-15(17(22)12-14-8-6-5-7-9-14)18-16(11-13)20(2,3)19(23)21-18/h5-11,17,22H,4,12H2,1-3H3,(H,21,23). The third kappa shape index (κ3) is 2.77. The van der Waals surface area contributed by atoms with Crippen LogP contribution >= 0.6 is 0 Å². The van der Waals surface area contributed by atoms with Gasteiger partial charge in [-0.3, -0.25) is 4.79 Å². The zero-order valence-electron chi connectivity index (χ0n) is 13.9. The van der Waals surface area contributed by atoms with Crippen molar-refractivity contribution in [3.05, 3.63) is 64.7 Å². The highest BCUT2D eigenvalue weighted by molar-refractivity contribution is 6.06. The van der Waals surface area contributed by atoms with Gasteiger partial charge in [0.25, 0.3) is 0 Å². The van der Waals surface area contributed by atoms with Crippen LogP contribution in [0.1, 0.15) is 49.1 Å². The summed E-state index contributed by atoms with van der Waals surface area (Å²) in [7, 11) is 0. The first-order chi connectivity index (χ1) is 10.9. The molecule has 2 N–H and O–H groups in total. The SMILES string of the molecule is CCc1cc(C(O)Cc2ccccc2)c2c(c1)C(C)(C)C(=O)N2. The number of nitrogens with one attached hydrogen (secondary N) is 1. The Labute approximate surface area is 137 Å². The summed E-state index contributed by atoms with van der Waals surface area (Å²) in [5.41, 5.74) is 4.28. The first kappa shape index (κ1) is 15.8. The van der Waals surface area contributed by atoms with Crippen molar-refractivity contribution >= 4 is 11.6 Å². The monoisotopic (exact) mass is 309 g/mol. The van der Waals surface area contributed by atoms with Crippen LogP contribution in [0.2, 0.25) is 0 Å². The molecule has 120 valence electrons. The van der Waals surface area contributed by atoms with Crippen LogP contribution in [-0.2, 0) is 23.1 Å². The Morgan fingerprint density at radius 3 is 2.48 bits per heavy atom. The molecule has 0 spiro atoms. The van der Waals surface area contributed by atoms with Gasteiger partial charge in [0.15, 0.2) is 0 Å². The van der Waals surface area contributed by atoms with Crippen LogP contribution in [0.15, 0.2) is 42.5 Å². The van der Waals surface area contributed by atoms with Crippen LogP contribution in [0, 0.1) is 0 Å². The van der Waals surface area contributed by atoms with Crippen molar-refractivity contribution in [2.45, 2.75) is 45.1 Å². The molecule has 0 aliphatic carbocycles. The van der Waals surface area contributed by atoms with Gasteiger partial charge in [0, 0.05) is 12.0 Å². The number of hydrogen-bond acceptors (Lipinski definition) is 2. The molecule has 2 aromatic carbocycles. The van der Waals surface area contributed by atoms with Gasteiger partial charge in [-0.25, -0.2) is 0 Å². The number of carbonyl (C=O) groups is 1. The highest BCUT2D eigenvalue weighted by Gasteiger charge is 2.40. The first-order valence-electron chi connectivity index (χ1n) is 8.14. The van der Waals surface area contributed by atoms with Gasteiger partial charge in [0.2, 0.25) is 5.91 Å². The summed E-state index contributed by atoms with van der Waals surface area (Å²) in [6.07, 6.45) is 0.783. The molecular formula is C20H23NO2. The number of aliphatic hydroxyl groups excluding tert-OH is 1. The molecule has 0 aromatic heterocycles. The van der Waals surface area contributed by atoms with Crippen molar-refractivity contribution in [2.75, 3.05) is 5.32 Å². The van der Waals surface area contributed by atoms with E-state index in [1.807, 2.05) is 50.2 Å². The van der Waals surface area contributed by atoms with Crippen molar-refractivity contribution in [3.63, 3.8) is 0 Å². The number of hydrogen-bond donors (Lipinski definition) is 2. The minimum Gasteiger partial charge on any atom is -0.388 e. The first-order valence-corrected chi connectivity index (χ1v) is 8.14. The second kappa shape index (κ2) is 5.82. The molecule has 0 saturated carbocycles. The molecule has 1 atom stereocenters. The zero-order valence-corrected chi connectivity index (χ0v) is 13.9. The van der Waals surface area contributed by atoms with Gasteiger partial charge in [0.1, 0.15) is 0 Å². The Balaban J connectivity index is 2.03. The van der Waals surface area contributed by atoms with Gasteiger partial charge in [-0.1, -0.05) is 49.4 Å². The molecule has 1 amide bonds. The maximum atomic E-state index is 12.3. The van der Waals surface area contributed by atoms with Crippen LogP contribution in [0.25, 0.3) is 0 Å². The lowest BCUT2D eigenvalue weighted by Crippen LogP contribution is -2.26.